The Morgan fingerprint density at radius 1 is 0.471 bits per heavy atom. The number of allylic oxidation sites excluding steroid dienone is 1. The molecule has 51 heavy (non-hydrogen) atoms. The van der Waals surface area contributed by atoms with Gasteiger partial charge in [0, 0.05) is 0 Å². The minimum Gasteiger partial charge on any atom is -0.394 e. The molecular weight excluding hydrogens is 631 g/mol. The average molecular weight is 722 g/mol. The van der Waals surface area contributed by atoms with Gasteiger partial charge in [-0.1, -0.05) is 244 Å². The molecule has 304 valence electrons. The van der Waals surface area contributed by atoms with Crippen molar-refractivity contribution >= 4 is 5.91 Å². The first-order valence-corrected chi connectivity index (χ1v) is 23.0. The molecule has 0 aliphatic heterocycles. The van der Waals surface area contributed by atoms with Crippen LogP contribution in [0.3, 0.4) is 0 Å². The monoisotopic (exact) mass is 722 g/mol. The van der Waals surface area contributed by atoms with Gasteiger partial charge in [0.1, 0.15) is 6.10 Å². The van der Waals surface area contributed by atoms with Crippen LogP contribution in [-0.4, -0.2) is 46.1 Å². The van der Waals surface area contributed by atoms with Crippen LogP contribution in [0.4, 0.5) is 0 Å². The zero-order chi connectivity index (χ0) is 37.3. The lowest BCUT2D eigenvalue weighted by molar-refractivity contribution is -0.131. The Morgan fingerprint density at radius 3 is 1.08 bits per heavy atom. The normalized spacial score (nSPS) is 13.6. The molecule has 0 spiro atoms. The molecule has 0 fully saturated rings. The Balaban J connectivity index is 3.62. The van der Waals surface area contributed by atoms with E-state index in [0.29, 0.717) is 6.42 Å². The molecule has 0 saturated carbocycles. The Morgan fingerprint density at radius 2 is 0.765 bits per heavy atom. The van der Waals surface area contributed by atoms with Gasteiger partial charge in [-0.05, 0) is 19.3 Å². The van der Waals surface area contributed by atoms with Crippen LogP contribution in [0.5, 0.6) is 0 Å². The third kappa shape index (κ3) is 37.2. The molecule has 0 aromatic rings. The maximum Gasteiger partial charge on any atom is 0.249 e. The zero-order valence-electron chi connectivity index (χ0n) is 34.5. The Bertz CT molecular complexity index is 713. The van der Waals surface area contributed by atoms with Gasteiger partial charge in [-0.25, -0.2) is 0 Å². The summed E-state index contributed by atoms with van der Waals surface area (Å²) in [5.74, 6) is -0.498. The van der Waals surface area contributed by atoms with Gasteiger partial charge in [-0.3, -0.25) is 4.79 Å². The number of aliphatic hydroxyl groups is 3. The van der Waals surface area contributed by atoms with Crippen molar-refractivity contribution in [2.75, 3.05) is 6.61 Å². The van der Waals surface area contributed by atoms with Crippen molar-refractivity contribution in [3.05, 3.63) is 12.2 Å². The van der Waals surface area contributed by atoms with Gasteiger partial charge in [-0.2, -0.15) is 0 Å². The van der Waals surface area contributed by atoms with Crippen LogP contribution in [-0.2, 0) is 4.79 Å². The number of hydrogen-bond acceptors (Lipinski definition) is 4. The third-order valence-corrected chi connectivity index (χ3v) is 10.9. The number of hydrogen-bond donors (Lipinski definition) is 4. The second kappa shape index (κ2) is 41.8. The fourth-order valence-corrected chi connectivity index (χ4v) is 7.25. The number of rotatable bonds is 42. The number of nitrogens with one attached hydrogen (secondary N) is 1. The van der Waals surface area contributed by atoms with E-state index in [1.807, 2.05) is 6.08 Å². The van der Waals surface area contributed by atoms with Crippen molar-refractivity contribution in [1.82, 2.24) is 5.32 Å². The Hall–Kier alpha value is -0.910. The summed E-state index contributed by atoms with van der Waals surface area (Å²) in [6, 6.07) is -0.792. The molecule has 4 N–H and O–H groups in total. The van der Waals surface area contributed by atoms with Gasteiger partial charge >= 0.3 is 0 Å². The van der Waals surface area contributed by atoms with E-state index in [9.17, 15) is 20.1 Å². The lowest BCUT2D eigenvalue weighted by Gasteiger charge is -2.21. The van der Waals surface area contributed by atoms with E-state index < -0.39 is 24.2 Å². The molecule has 3 atom stereocenters. The molecule has 0 aromatic heterocycles. The van der Waals surface area contributed by atoms with E-state index in [-0.39, 0.29) is 6.61 Å². The summed E-state index contributed by atoms with van der Waals surface area (Å²) >= 11 is 0. The number of unbranched alkanes of at least 4 members (excludes halogenated alkanes) is 34. The van der Waals surface area contributed by atoms with Crippen molar-refractivity contribution < 1.29 is 20.1 Å². The molecule has 0 aromatic carbocycles. The van der Waals surface area contributed by atoms with Crippen molar-refractivity contribution in [2.45, 2.75) is 270 Å². The highest BCUT2D eigenvalue weighted by atomic mass is 16.3. The molecule has 0 aliphatic rings. The molecule has 0 aliphatic carbocycles. The van der Waals surface area contributed by atoms with E-state index in [2.05, 4.69) is 19.2 Å². The summed E-state index contributed by atoms with van der Waals surface area (Å²) in [4.78, 5) is 12.5. The van der Waals surface area contributed by atoms with Gasteiger partial charge < -0.3 is 20.6 Å². The second-order valence-electron chi connectivity index (χ2n) is 16.0. The lowest BCUT2D eigenvalue weighted by atomic mass is 10.0. The van der Waals surface area contributed by atoms with Crippen LogP contribution in [0.2, 0.25) is 0 Å². The predicted octanol–water partition coefficient (Wildman–Crippen LogP) is 13.2. The molecular formula is C46H91NO4. The third-order valence-electron chi connectivity index (χ3n) is 10.9. The first-order chi connectivity index (χ1) is 25.1. The first-order valence-electron chi connectivity index (χ1n) is 23.0. The topological polar surface area (TPSA) is 89.8 Å². The number of carbonyl (C=O) groups excluding carboxylic acids is 1. The smallest absolute Gasteiger partial charge is 0.249 e. The standard InChI is InChI=1S/C46H91NO4/c1-3-5-7-9-11-13-15-17-19-21-23-25-27-29-31-33-35-37-39-41-45(50)46(51)47-43(42-48)44(49)40-38-36-34-32-30-28-26-24-22-20-18-16-14-12-10-8-6-4-2/h38,40,43-45,48-50H,3-37,39,41-42H2,1-2H3,(H,47,51)/b40-38+. The quantitative estimate of drug-likeness (QED) is 0.0373. The zero-order valence-corrected chi connectivity index (χ0v) is 34.5. The van der Waals surface area contributed by atoms with Crippen LogP contribution < -0.4 is 5.32 Å². The summed E-state index contributed by atoms with van der Waals surface area (Å²) in [7, 11) is 0. The van der Waals surface area contributed by atoms with Crippen LogP contribution >= 0.6 is 0 Å². The van der Waals surface area contributed by atoms with Gasteiger partial charge in [0.2, 0.25) is 5.91 Å². The van der Waals surface area contributed by atoms with E-state index in [0.717, 1.165) is 32.1 Å². The predicted molar refractivity (Wildman–Crippen MR) is 222 cm³/mol. The Labute approximate surface area is 319 Å². The van der Waals surface area contributed by atoms with Gasteiger partial charge in [0.05, 0.1) is 18.8 Å². The van der Waals surface area contributed by atoms with E-state index in [1.54, 1.807) is 6.08 Å². The fraction of sp³-hybridized carbons (Fsp3) is 0.935. The molecule has 5 nitrogen and oxygen atoms in total. The SMILES string of the molecule is CCCCCCCCCCCCCCCCCC/C=C/C(O)C(CO)NC(=O)C(O)CCCCCCCCCCCCCCCCCCCCC. The van der Waals surface area contributed by atoms with E-state index in [4.69, 9.17) is 0 Å². The van der Waals surface area contributed by atoms with Crippen molar-refractivity contribution in [1.29, 1.82) is 0 Å². The fourth-order valence-electron chi connectivity index (χ4n) is 7.25. The van der Waals surface area contributed by atoms with E-state index in [1.165, 1.54) is 199 Å². The summed E-state index contributed by atoms with van der Waals surface area (Å²) in [6.07, 6.45) is 49.6. The first kappa shape index (κ1) is 50.1. The van der Waals surface area contributed by atoms with Crippen LogP contribution in [0.1, 0.15) is 251 Å². The highest BCUT2D eigenvalue weighted by Gasteiger charge is 2.22. The van der Waals surface area contributed by atoms with Crippen LogP contribution in [0.25, 0.3) is 0 Å². The summed E-state index contributed by atoms with van der Waals surface area (Å²) < 4.78 is 0. The number of aliphatic hydroxyl groups excluding tert-OH is 3. The molecule has 0 bridgehead atoms. The van der Waals surface area contributed by atoms with Gasteiger partial charge in [-0.15, -0.1) is 0 Å². The van der Waals surface area contributed by atoms with Gasteiger partial charge in [0.25, 0.3) is 0 Å². The summed E-state index contributed by atoms with van der Waals surface area (Å²) in [5, 5.41) is 33.2. The molecule has 5 heteroatoms. The average Bonchev–Trinajstić information content (AvgIpc) is 3.13. The van der Waals surface area contributed by atoms with Gasteiger partial charge in [0.15, 0.2) is 0 Å². The molecule has 0 saturated heterocycles. The molecule has 3 unspecified atom stereocenters. The van der Waals surface area contributed by atoms with Crippen LogP contribution in [0.15, 0.2) is 12.2 Å². The Kier molecular flexibility index (Phi) is 41.1. The second-order valence-corrected chi connectivity index (χ2v) is 16.0. The number of amides is 1. The van der Waals surface area contributed by atoms with E-state index >= 15 is 0 Å². The summed E-state index contributed by atoms with van der Waals surface area (Å²) in [6.45, 7) is 4.20. The minimum absolute atomic E-state index is 0.359. The van der Waals surface area contributed by atoms with Crippen LogP contribution in [0, 0.1) is 0 Å². The highest BCUT2D eigenvalue weighted by Crippen LogP contribution is 2.17. The molecule has 0 heterocycles. The maximum absolute atomic E-state index is 12.5. The molecule has 1 amide bonds. The highest BCUT2D eigenvalue weighted by molar-refractivity contribution is 5.80. The number of carbonyl (C=O) groups is 1. The molecule has 0 radical (unpaired) electrons. The molecule has 0 rings (SSSR count). The van der Waals surface area contributed by atoms with Crippen molar-refractivity contribution in [3.8, 4) is 0 Å². The maximum atomic E-state index is 12.5. The van der Waals surface area contributed by atoms with Crippen molar-refractivity contribution in [3.63, 3.8) is 0 Å². The van der Waals surface area contributed by atoms with Crippen molar-refractivity contribution in [2.24, 2.45) is 0 Å². The minimum atomic E-state index is -1.09. The largest absolute Gasteiger partial charge is 0.394 e. The lowest BCUT2D eigenvalue weighted by Crippen LogP contribution is -2.48. The summed E-state index contributed by atoms with van der Waals surface area (Å²) in [5.41, 5.74) is 0.